The number of fused-ring (bicyclic) bond motifs is 1. The summed E-state index contributed by atoms with van der Waals surface area (Å²) in [6.45, 7) is 5.30. The number of hydrogen-bond donors (Lipinski definition) is 0. The van der Waals surface area contributed by atoms with Crippen LogP contribution in [0.2, 0.25) is 0 Å². The lowest BCUT2D eigenvalue weighted by Gasteiger charge is -2.09. The number of ether oxygens (including phenoxy) is 3. The first-order valence-electron chi connectivity index (χ1n) is 9.57. The molecule has 3 rings (SSSR count). The molecule has 1 heterocycles. The van der Waals surface area contributed by atoms with Gasteiger partial charge in [-0.1, -0.05) is 25.2 Å². The molecular formula is C22H26N2O4S2. The minimum atomic E-state index is -0.285. The third-order valence-corrected chi connectivity index (χ3v) is 6.49. The molecule has 160 valence electrons. The fraction of sp³-hybridized carbons (Fsp3) is 0.364. The molecule has 0 saturated heterocycles. The fourth-order valence-corrected chi connectivity index (χ4v) is 5.03. The molecule has 3 aromatic rings. The van der Waals surface area contributed by atoms with E-state index >= 15 is 0 Å². The van der Waals surface area contributed by atoms with E-state index in [1.807, 2.05) is 41.0 Å². The summed E-state index contributed by atoms with van der Waals surface area (Å²) in [7, 11) is 4.89. The van der Waals surface area contributed by atoms with Gasteiger partial charge in [-0.15, -0.1) is 11.8 Å². The van der Waals surface area contributed by atoms with Gasteiger partial charge in [-0.3, -0.25) is 4.79 Å². The van der Waals surface area contributed by atoms with E-state index in [0.29, 0.717) is 40.3 Å². The van der Waals surface area contributed by atoms with E-state index in [0.717, 1.165) is 15.1 Å². The summed E-state index contributed by atoms with van der Waals surface area (Å²) < 4.78 is 19.2. The van der Waals surface area contributed by atoms with Crippen molar-refractivity contribution in [3.63, 3.8) is 0 Å². The number of benzene rings is 2. The van der Waals surface area contributed by atoms with Gasteiger partial charge in [0.1, 0.15) is 21.7 Å². The Morgan fingerprint density at radius 3 is 2.33 bits per heavy atom. The number of amides is 1. The molecule has 0 N–H and O–H groups in total. The minimum Gasteiger partial charge on any atom is -0.495 e. The molecule has 2 aromatic carbocycles. The van der Waals surface area contributed by atoms with Crippen LogP contribution in [0.5, 0.6) is 11.5 Å². The Hall–Kier alpha value is -2.29. The Morgan fingerprint density at radius 2 is 1.73 bits per heavy atom. The maximum absolute atomic E-state index is 12.9. The molecule has 6 nitrogen and oxygen atoms in total. The van der Waals surface area contributed by atoms with Crippen molar-refractivity contribution in [3.8, 4) is 11.5 Å². The topological polar surface area (TPSA) is 62.1 Å². The molecule has 8 heteroatoms. The quantitative estimate of drug-likeness (QED) is 0.473. The third-order valence-electron chi connectivity index (χ3n) is 4.38. The van der Waals surface area contributed by atoms with Gasteiger partial charge in [0.2, 0.25) is 0 Å². The zero-order valence-electron chi connectivity index (χ0n) is 17.8. The number of thioether (sulfide) groups is 1. The van der Waals surface area contributed by atoms with Crippen LogP contribution in [0.4, 0.5) is 0 Å². The molecule has 30 heavy (non-hydrogen) atoms. The zero-order chi connectivity index (χ0) is 21.7. The zero-order valence-corrected chi connectivity index (χ0v) is 19.4. The van der Waals surface area contributed by atoms with Crippen LogP contribution in [0, 0.1) is 0 Å². The first kappa shape index (κ1) is 22.4. The van der Waals surface area contributed by atoms with Crippen molar-refractivity contribution in [1.29, 1.82) is 0 Å². The van der Waals surface area contributed by atoms with E-state index in [1.165, 1.54) is 11.3 Å². The van der Waals surface area contributed by atoms with Gasteiger partial charge in [-0.25, -0.2) is 0 Å². The lowest BCUT2D eigenvalue weighted by Crippen LogP contribution is -2.19. The summed E-state index contributed by atoms with van der Waals surface area (Å²) in [4.78, 5) is 19.0. The van der Waals surface area contributed by atoms with Crippen molar-refractivity contribution in [2.75, 3.05) is 27.9 Å². The Bertz CT molecular complexity index is 1080. The Morgan fingerprint density at radius 1 is 1.07 bits per heavy atom. The second kappa shape index (κ2) is 10.1. The highest BCUT2D eigenvalue weighted by molar-refractivity contribution is 7.99. The maximum Gasteiger partial charge on any atom is 0.279 e. The summed E-state index contributed by atoms with van der Waals surface area (Å²) in [6.07, 6.45) is 0. The van der Waals surface area contributed by atoms with Gasteiger partial charge in [0, 0.05) is 29.4 Å². The molecule has 0 fully saturated rings. The van der Waals surface area contributed by atoms with Gasteiger partial charge in [-0.2, -0.15) is 4.99 Å². The Labute approximate surface area is 184 Å². The molecule has 0 bridgehead atoms. The second-order valence-electron chi connectivity index (χ2n) is 6.78. The van der Waals surface area contributed by atoms with Gasteiger partial charge in [-0.05, 0) is 36.4 Å². The normalized spacial score (nSPS) is 12.0. The second-order valence-corrected chi connectivity index (χ2v) is 9.41. The third kappa shape index (κ3) is 4.88. The number of carbonyl (C=O) groups excluding carboxylic acids is 1. The van der Waals surface area contributed by atoms with Crippen LogP contribution in [-0.2, 0) is 11.3 Å². The summed E-state index contributed by atoms with van der Waals surface area (Å²) in [6, 6.07) is 11.3. The number of nitrogens with zero attached hydrogens (tertiary/aromatic N) is 2. The van der Waals surface area contributed by atoms with Gasteiger partial charge >= 0.3 is 0 Å². The Balaban J connectivity index is 2.09. The van der Waals surface area contributed by atoms with Crippen LogP contribution >= 0.6 is 23.1 Å². The maximum atomic E-state index is 12.9. The molecule has 1 aromatic heterocycles. The lowest BCUT2D eigenvalue weighted by molar-refractivity contribution is 0.0997. The summed E-state index contributed by atoms with van der Waals surface area (Å²) >= 11 is 3.16. The summed E-state index contributed by atoms with van der Waals surface area (Å²) in [5.41, 5.74) is 1.40. The van der Waals surface area contributed by atoms with E-state index in [2.05, 4.69) is 18.8 Å². The molecule has 0 aliphatic carbocycles. The van der Waals surface area contributed by atoms with Gasteiger partial charge in [0.15, 0.2) is 4.80 Å². The number of aromatic nitrogens is 1. The SMILES string of the molecule is COCCn1c(=NC(=O)c2ccc(SC(C)C)cc2)sc2c(OC)ccc(OC)c21. The number of thiazole rings is 1. The highest BCUT2D eigenvalue weighted by Gasteiger charge is 2.17. The number of rotatable bonds is 8. The van der Waals surface area contributed by atoms with Crippen LogP contribution in [-0.4, -0.2) is 43.7 Å². The molecule has 0 saturated carbocycles. The monoisotopic (exact) mass is 446 g/mol. The highest BCUT2D eigenvalue weighted by Crippen LogP contribution is 2.35. The molecule has 0 atom stereocenters. The molecule has 0 radical (unpaired) electrons. The first-order valence-corrected chi connectivity index (χ1v) is 11.3. The van der Waals surface area contributed by atoms with E-state index in [-0.39, 0.29) is 5.91 Å². The number of hydrogen-bond acceptors (Lipinski definition) is 6. The van der Waals surface area contributed by atoms with E-state index in [9.17, 15) is 4.79 Å². The van der Waals surface area contributed by atoms with Gasteiger partial charge in [0.25, 0.3) is 5.91 Å². The number of carbonyl (C=O) groups is 1. The van der Waals surface area contributed by atoms with Crippen molar-refractivity contribution >= 4 is 39.2 Å². The summed E-state index contributed by atoms with van der Waals surface area (Å²) in [5.74, 6) is 1.12. The minimum absolute atomic E-state index is 0.285. The predicted octanol–water partition coefficient (Wildman–Crippen LogP) is 4.61. The van der Waals surface area contributed by atoms with E-state index in [1.54, 1.807) is 33.1 Å². The van der Waals surface area contributed by atoms with Gasteiger partial charge in [0.05, 0.1) is 20.8 Å². The first-order chi connectivity index (χ1) is 14.5. The van der Waals surface area contributed by atoms with Crippen molar-refractivity contribution in [2.45, 2.75) is 30.5 Å². The predicted molar refractivity (Wildman–Crippen MR) is 122 cm³/mol. The van der Waals surface area contributed by atoms with E-state index in [4.69, 9.17) is 14.2 Å². The fourth-order valence-electron chi connectivity index (χ4n) is 3.03. The number of methoxy groups -OCH3 is 3. The van der Waals surface area contributed by atoms with Crippen LogP contribution < -0.4 is 14.3 Å². The van der Waals surface area contributed by atoms with Gasteiger partial charge < -0.3 is 18.8 Å². The Kier molecular flexibility index (Phi) is 7.58. The lowest BCUT2D eigenvalue weighted by atomic mass is 10.2. The van der Waals surface area contributed by atoms with Crippen LogP contribution in [0.25, 0.3) is 10.2 Å². The van der Waals surface area contributed by atoms with E-state index < -0.39 is 0 Å². The average Bonchev–Trinajstić information content (AvgIpc) is 3.09. The molecule has 1 amide bonds. The highest BCUT2D eigenvalue weighted by atomic mass is 32.2. The standard InChI is InChI=1S/C22H26N2O4S2/c1-14(2)29-16-8-6-15(7-9-16)21(25)23-22-24(12-13-26-3)19-17(27-4)10-11-18(28-5)20(19)30-22/h6-11,14H,12-13H2,1-5H3. The van der Waals surface area contributed by atoms with Crippen molar-refractivity contribution in [3.05, 3.63) is 46.8 Å². The van der Waals surface area contributed by atoms with Crippen LogP contribution in [0.1, 0.15) is 24.2 Å². The molecule has 0 spiro atoms. The summed E-state index contributed by atoms with van der Waals surface area (Å²) in [5, 5.41) is 0.486. The van der Waals surface area contributed by atoms with Crippen molar-refractivity contribution in [1.82, 2.24) is 4.57 Å². The molecule has 0 unspecified atom stereocenters. The smallest absolute Gasteiger partial charge is 0.279 e. The average molecular weight is 447 g/mol. The van der Waals surface area contributed by atoms with Crippen LogP contribution in [0.15, 0.2) is 46.3 Å². The van der Waals surface area contributed by atoms with Crippen molar-refractivity contribution in [2.24, 2.45) is 4.99 Å². The largest absolute Gasteiger partial charge is 0.495 e. The van der Waals surface area contributed by atoms with Crippen LogP contribution in [0.3, 0.4) is 0 Å². The van der Waals surface area contributed by atoms with Crippen molar-refractivity contribution < 1.29 is 19.0 Å². The molecular weight excluding hydrogens is 420 g/mol. The molecule has 0 aliphatic rings. The molecule has 0 aliphatic heterocycles.